The Morgan fingerprint density at radius 3 is 2.08 bits per heavy atom. The topological polar surface area (TPSA) is 189 Å². The third kappa shape index (κ3) is 11.0. The number of hydrogen-bond donors (Lipinski definition) is 4. The summed E-state index contributed by atoms with van der Waals surface area (Å²) in [4.78, 5) is 43.6. The quantitative estimate of drug-likeness (QED) is 0.0287. The van der Waals surface area contributed by atoms with Crippen molar-refractivity contribution < 1.29 is 32.8 Å². The fourth-order valence-corrected chi connectivity index (χ4v) is 9.21. The summed E-state index contributed by atoms with van der Waals surface area (Å²) < 4.78 is 34.0. The molecule has 1 unspecified atom stereocenters. The molecule has 4 aromatic rings. The fraction of sp³-hybridized carbons (Fsp3) is 0.419. The third-order valence-corrected chi connectivity index (χ3v) is 12.1. The zero-order valence-corrected chi connectivity index (χ0v) is 35.5. The van der Waals surface area contributed by atoms with Gasteiger partial charge in [-0.3, -0.25) is 24.7 Å². The van der Waals surface area contributed by atoms with Gasteiger partial charge in [-0.15, -0.1) is 0 Å². The highest BCUT2D eigenvalue weighted by atomic mass is 31.2. The molecule has 0 bridgehead atoms. The highest BCUT2D eigenvalue weighted by molar-refractivity contribution is 7.44. The number of ether oxygens (including phenoxy) is 3. The minimum Gasteiger partial charge on any atom is -0.497 e. The van der Waals surface area contributed by atoms with E-state index in [-0.39, 0.29) is 61.1 Å². The second-order valence-electron chi connectivity index (χ2n) is 14.7. The van der Waals surface area contributed by atoms with Crippen LogP contribution in [0.5, 0.6) is 11.5 Å². The standard InChI is InChI=1S/C43H54N7O8P/c1-28(2)50(29(3)4)59(57-23-11-22-44)58-38-25-35(47-40-39(45-27-51)41(53)49-42(48-40)46-30(5)52)24-31(38)26-56-43(32-12-9-8-10-13-32,33-14-18-36(54-6)19-15-33)34-16-20-37(55-7)21-17-34/h8-10,12-21,27-29,31,35,38H,11,23-26H2,1-7H3,(H,45,51)(H3,46,47,48,49,52,53)/t31-,35-,38+,59?/m1/s1. The Morgan fingerprint density at radius 2 is 1.56 bits per heavy atom. The number of nitrogens with zero attached hydrogens (tertiary/aromatic N) is 3. The lowest BCUT2D eigenvalue weighted by molar-refractivity contribution is -0.114. The minimum atomic E-state index is -1.65. The number of hydrogen-bond acceptors (Lipinski definition) is 12. The monoisotopic (exact) mass is 827 g/mol. The molecule has 5 rings (SSSR count). The van der Waals surface area contributed by atoms with Gasteiger partial charge in [0.25, 0.3) is 14.1 Å². The zero-order valence-electron chi connectivity index (χ0n) is 34.6. The molecule has 1 aromatic heterocycles. The van der Waals surface area contributed by atoms with E-state index in [0.29, 0.717) is 30.8 Å². The summed E-state index contributed by atoms with van der Waals surface area (Å²) in [6, 6.07) is 27.6. The first-order valence-corrected chi connectivity index (χ1v) is 20.7. The molecule has 15 nitrogen and oxygen atoms in total. The Hall–Kier alpha value is -5.36. The number of carbonyl (C=O) groups is 2. The molecule has 314 valence electrons. The summed E-state index contributed by atoms with van der Waals surface area (Å²) in [5.41, 5.74) is 0.798. The first-order chi connectivity index (χ1) is 28.4. The third-order valence-electron chi connectivity index (χ3n) is 9.96. The highest BCUT2D eigenvalue weighted by Crippen LogP contribution is 2.51. The number of carbonyl (C=O) groups excluding carboxylic acids is 2. The van der Waals surface area contributed by atoms with Crippen molar-refractivity contribution in [3.63, 3.8) is 0 Å². The number of nitriles is 1. The van der Waals surface area contributed by atoms with Gasteiger partial charge in [0.2, 0.25) is 18.3 Å². The highest BCUT2D eigenvalue weighted by Gasteiger charge is 2.44. The van der Waals surface area contributed by atoms with E-state index in [9.17, 15) is 19.6 Å². The van der Waals surface area contributed by atoms with E-state index in [4.69, 9.17) is 23.3 Å². The van der Waals surface area contributed by atoms with Crippen LogP contribution in [0.25, 0.3) is 0 Å². The molecule has 1 fully saturated rings. The second kappa shape index (κ2) is 21.1. The molecule has 0 aliphatic heterocycles. The van der Waals surface area contributed by atoms with Gasteiger partial charge in [0.05, 0.1) is 46.0 Å². The molecule has 4 atom stereocenters. The molecule has 59 heavy (non-hydrogen) atoms. The number of aromatic amines is 1. The first kappa shape index (κ1) is 44.7. The van der Waals surface area contributed by atoms with Gasteiger partial charge in [-0.2, -0.15) is 10.2 Å². The lowest BCUT2D eigenvalue weighted by Crippen LogP contribution is -2.37. The van der Waals surface area contributed by atoms with Crippen molar-refractivity contribution in [2.75, 3.05) is 43.4 Å². The van der Waals surface area contributed by atoms with Crippen LogP contribution in [0.4, 0.5) is 17.5 Å². The molecule has 4 N–H and O–H groups in total. The van der Waals surface area contributed by atoms with Crippen molar-refractivity contribution in [3.05, 3.63) is 106 Å². The number of amides is 2. The number of nitrogens with one attached hydrogen (secondary N) is 4. The summed E-state index contributed by atoms with van der Waals surface area (Å²) >= 11 is 0. The van der Waals surface area contributed by atoms with Crippen molar-refractivity contribution in [2.24, 2.45) is 5.92 Å². The minimum absolute atomic E-state index is 0.0634. The summed E-state index contributed by atoms with van der Waals surface area (Å²) in [6.45, 7) is 10.0. The number of anilines is 3. The fourth-order valence-electron chi connectivity index (χ4n) is 7.41. The lowest BCUT2D eigenvalue weighted by Gasteiger charge is -2.39. The maximum absolute atomic E-state index is 13.1. The summed E-state index contributed by atoms with van der Waals surface area (Å²) in [6.07, 6.45) is 1.09. The molecule has 0 spiro atoms. The molecule has 2 amide bonds. The van der Waals surface area contributed by atoms with Crippen LogP contribution < -0.4 is 31.0 Å². The van der Waals surface area contributed by atoms with Crippen LogP contribution in [0.15, 0.2) is 83.7 Å². The van der Waals surface area contributed by atoms with Gasteiger partial charge in [0, 0.05) is 31.0 Å². The predicted octanol–water partition coefficient (Wildman–Crippen LogP) is 7.17. The molecule has 16 heteroatoms. The van der Waals surface area contributed by atoms with Crippen molar-refractivity contribution in [2.45, 2.75) is 83.7 Å². The smallest absolute Gasteiger partial charge is 0.278 e. The van der Waals surface area contributed by atoms with Gasteiger partial charge in [-0.1, -0.05) is 54.6 Å². The molecule has 0 saturated heterocycles. The van der Waals surface area contributed by atoms with Gasteiger partial charge in [-0.05, 0) is 81.5 Å². The maximum Gasteiger partial charge on any atom is 0.278 e. The van der Waals surface area contributed by atoms with E-state index in [1.165, 1.54) is 6.92 Å². The van der Waals surface area contributed by atoms with E-state index in [2.05, 4.69) is 64.4 Å². The summed E-state index contributed by atoms with van der Waals surface area (Å²) in [5, 5.41) is 17.7. The molecular formula is C43H54N7O8P. The van der Waals surface area contributed by atoms with E-state index >= 15 is 0 Å². The van der Waals surface area contributed by atoms with E-state index in [1.54, 1.807) is 14.2 Å². The van der Waals surface area contributed by atoms with Crippen molar-refractivity contribution in [3.8, 4) is 17.6 Å². The normalized spacial score (nSPS) is 17.1. The van der Waals surface area contributed by atoms with Crippen molar-refractivity contribution in [1.29, 1.82) is 5.26 Å². The number of H-pyrrole nitrogens is 1. The Kier molecular flexibility index (Phi) is 16.0. The van der Waals surface area contributed by atoms with Gasteiger partial charge in [0.1, 0.15) is 22.8 Å². The molecule has 1 saturated carbocycles. The van der Waals surface area contributed by atoms with Gasteiger partial charge in [0.15, 0.2) is 5.82 Å². The number of aromatic nitrogens is 2. The first-order valence-electron chi connectivity index (χ1n) is 19.6. The van der Waals surface area contributed by atoms with Crippen LogP contribution in [0.3, 0.4) is 0 Å². The largest absolute Gasteiger partial charge is 0.497 e. The Labute approximate surface area is 346 Å². The van der Waals surface area contributed by atoms with E-state index < -0.39 is 31.7 Å². The Morgan fingerprint density at radius 1 is 0.966 bits per heavy atom. The number of benzene rings is 3. The van der Waals surface area contributed by atoms with Crippen LogP contribution in [0.1, 0.15) is 70.6 Å². The average Bonchev–Trinajstić information content (AvgIpc) is 3.60. The molecule has 1 heterocycles. The van der Waals surface area contributed by atoms with Gasteiger partial charge < -0.3 is 33.9 Å². The Balaban J connectivity index is 1.60. The molecule has 1 aliphatic rings. The maximum atomic E-state index is 13.1. The summed E-state index contributed by atoms with van der Waals surface area (Å²) in [7, 11) is 1.60. The average molecular weight is 828 g/mol. The molecule has 1 aliphatic carbocycles. The van der Waals surface area contributed by atoms with Gasteiger partial charge >= 0.3 is 0 Å². The number of methoxy groups -OCH3 is 2. The molecule has 0 radical (unpaired) electrons. The van der Waals surface area contributed by atoms with Gasteiger partial charge in [-0.25, -0.2) is 4.67 Å². The van der Waals surface area contributed by atoms with Crippen LogP contribution in [-0.2, 0) is 29.0 Å². The van der Waals surface area contributed by atoms with Crippen LogP contribution >= 0.6 is 8.53 Å². The lowest BCUT2D eigenvalue weighted by atomic mass is 9.80. The second-order valence-corrected chi connectivity index (χ2v) is 16.1. The SMILES string of the molecule is COc1ccc(C(OC[C@H]2C[C@@H](Nc3nc(NC(C)=O)[nH]c(=O)c3NC=O)C[C@@H]2OP(OCCC#N)N(C(C)C)C(C)C)(c2ccccc2)c2ccc(OC)cc2)cc1. The molecular weight excluding hydrogens is 773 g/mol. The Bertz CT molecular complexity index is 2020. The molecule has 3 aromatic carbocycles. The van der Waals surface area contributed by atoms with Crippen molar-refractivity contribution in [1.82, 2.24) is 14.6 Å². The van der Waals surface area contributed by atoms with E-state index in [0.717, 1.165) is 16.7 Å². The van der Waals surface area contributed by atoms with E-state index in [1.807, 2.05) is 78.9 Å². The van der Waals surface area contributed by atoms with Crippen LogP contribution in [0.2, 0.25) is 0 Å². The van der Waals surface area contributed by atoms with Crippen LogP contribution in [-0.4, -0.2) is 78.6 Å². The zero-order chi connectivity index (χ0) is 42.5. The summed E-state index contributed by atoms with van der Waals surface area (Å²) in [5.74, 6) is 0.735. The van der Waals surface area contributed by atoms with Crippen molar-refractivity contribution >= 4 is 38.3 Å². The predicted molar refractivity (Wildman–Crippen MR) is 227 cm³/mol. The van der Waals surface area contributed by atoms with Crippen LogP contribution in [0, 0.1) is 17.2 Å². The number of rotatable bonds is 21.